The largest absolute Gasteiger partial charge is 0.482 e. The van der Waals surface area contributed by atoms with E-state index in [4.69, 9.17) is 16.3 Å². The normalized spacial score (nSPS) is 13.0. The van der Waals surface area contributed by atoms with Crippen LogP contribution in [0.3, 0.4) is 0 Å². The smallest absolute Gasteiger partial charge is 0.262 e. The van der Waals surface area contributed by atoms with Crippen molar-refractivity contribution in [1.82, 2.24) is 9.78 Å². The van der Waals surface area contributed by atoms with Gasteiger partial charge in [-0.1, -0.05) is 24.9 Å². The first-order chi connectivity index (χ1) is 12.0. The third-order valence-corrected chi connectivity index (χ3v) is 4.27. The highest BCUT2D eigenvalue weighted by atomic mass is 35.5. The zero-order valence-corrected chi connectivity index (χ0v) is 14.8. The Labute approximate surface area is 150 Å². The minimum atomic E-state index is -0.340. The van der Waals surface area contributed by atoms with Gasteiger partial charge in [0.2, 0.25) is 0 Å². The Hall–Kier alpha value is -2.54. The molecule has 132 valence electrons. The molecule has 25 heavy (non-hydrogen) atoms. The van der Waals surface area contributed by atoms with E-state index in [-0.39, 0.29) is 18.4 Å². The van der Waals surface area contributed by atoms with Crippen LogP contribution in [0.25, 0.3) is 0 Å². The first-order valence-electron chi connectivity index (χ1n) is 8.10. The molecule has 1 aromatic heterocycles. The number of carbonyl (C=O) groups excluding carboxylic acids is 2. The van der Waals surface area contributed by atoms with Crippen LogP contribution in [0.4, 0.5) is 11.4 Å². The summed E-state index contributed by atoms with van der Waals surface area (Å²) >= 11 is 6.32. The fraction of sp³-hybridized carbons (Fsp3) is 0.353. The highest BCUT2D eigenvalue weighted by Crippen LogP contribution is 2.31. The maximum atomic E-state index is 12.6. The van der Waals surface area contributed by atoms with Crippen LogP contribution in [-0.4, -0.2) is 28.2 Å². The van der Waals surface area contributed by atoms with Crippen molar-refractivity contribution in [2.24, 2.45) is 0 Å². The number of anilines is 2. The van der Waals surface area contributed by atoms with Crippen LogP contribution in [0.5, 0.6) is 5.75 Å². The van der Waals surface area contributed by atoms with E-state index in [2.05, 4.69) is 22.7 Å². The van der Waals surface area contributed by atoms with E-state index in [0.29, 0.717) is 40.1 Å². The number of nitrogens with zero attached hydrogens (tertiary/aromatic N) is 2. The van der Waals surface area contributed by atoms with Gasteiger partial charge in [0.05, 0.1) is 16.9 Å². The molecule has 8 heteroatoms. The van der Waals surface area contributed by atoms with Crippen LogP contribution < -0.4 is 15.4 Å². The summed E-state index contributed by atoms with van der Waals surface area (Å²) in [6, 6.07) is 5.05. The second-order valence-corrected chi connectivity index (χ2v) is 6.19. The number of halogens is 1. The van der Waals surface area contributed by atoms with E-state index in [1.807, 2.05) is 0 Å². The van der Waals surface area contributed by atoms with Gasteiger partial charge in [-0.25, -0.2) is 0 Å². The summed E-state index contributed by atoms with van der Waals surface area (Å²) in [5.74, 6) is -0.000448. The molecular formula is C17H19ClN4O3. The highest BCUT2D eigenvalue weighted by Gasteiger charge is 2.21. The third kappa shape index (κ3) is 3.61. The molecule has 1 aromatic carbocycles. The van der Waals surface area contributed by atoms with Crippen molar-refractivity contribution in [3.63, 3.8) is 0 Å². The molecule has 0 spiro atoms. The molecule has 1 aliphatic rings. The minimum Gasteiger partial charge on any atom is -0.482 e. The quantitative estimate of drug-likeness (QED) is 0.855. The van der Waals surface area contributed by atoms with Crippen LogP contribution in [-0.2, 0) is 11.3 Å². The molecule has 0 bridgehead atoms. The summed E-state index contributed by atoms with van der Waals surface area (Å²) < 4.78 is 6.95. The topological polar surface area (TPSA) is 85.3 Å². The zero-order chi connectivity index (χ0) is 18.0. The third-order valence-electron chi connectivity index (χ3n) is 3.89. The number of nitrogens with one attached hydrogen (secondary N) is 2. The van der Waals surface area contributed by atoms with Gasteiger partial charge >= 0.3 is 0 Å². The number of unbranched alkanes of at least 4 members (excludes halogenated alkanes) is 1. The number of aryl methyl sites for hydroxylation is 2. The standard InChI is InChI=1S/C17H19ClN4O3/c1-3-4-7-22-16(18)15(10(2)21-22)17(24)19-11-5-6-13-12(8-11)20-14(23)9-25-13/h5-6,8H,3-4,7,9H2,1-2H3,(H,19,24)(H,20,23). The molecule has 3 rings (SSSR count). The molecule has 0 atom stereocenters. The molecule has 0 aliphatic carbocycles. The Morgan fingerprint density at radius 3 is 3.04 bits per heavy atom. The molecule has 0 saturated heterocycles. The highest BCUT2D eigenvalue weighted by molar-refractivity contribution is 6.33. The van der Waals surface area contributed by atoms with Gasteiger partial charge in [0.25, 0.3) is 11.8 Å². The van der Waals surface area contributed by atoms with Crippen LogP contribution in [0, 0.1) is 6.92 Å². The van der Waals surface area contributed by atoms with Gasteiger partial charge in [-0.2, -0.15) is 5.10 Å². The number of rotatable bonds is 5. The molecule has 0 saturated carbocycles. The lowest BCUT2D eigenvalue weighted by molar-refractivity contribution is -0.118. The average molecular weight is 363 g/mol. The predicted octanol–water partition coefficient (Wildman–Crippen LogP) is 3.23. The van der Waals surface area contributed by atoms with E-state index in [1.54, 1.807) is 29.8 Å². The van der Waals surface area contributed by atoms with Crippen molar-refractivity contribution >= 4 is 34.8 Å². The minimum absolute atomic E-state index is 0.00947. The lowest BCUT2D eigenvalue weighted by Crippen LogP contribution is -2.25. The van der Waals surface area contributed by atoms with Crippen LogP contribution in [0.1, 0.15) is 35.8 Å². The second-order valence-electron chi connectivity index (χ2n) is 5.83. The first-order valence-corrected chi connectivity index (χ1v) is 8.48. The van der Waals surface area contributed by atoms with Gasteiger partial charge in [-0.3, -0.25) is 14.3 Å². The van der Waals surface area contributed by atoms with Crippen molar-refractivity contribution in [1.29, 1.82) is 0 Å². The first kappa shape index (κ1) is 17.3. The molecule has 1 aliphatic heterocycles. The molecule has 0 fully saturated rings. The molecule has 2 amide bonds. The Balaban J connectivity index is 1.80. The summed E-state index contributed by atoms with van der Waals surface area (Å²) in [6.07, 6.45) is 1.95. The number of hydrogen-bond donors (Lipinski definition) is 2. The average Bonchev–Trinajstić information content (AvgIpc) is 2.86. The zero-order valence-electron chi connectivity index (χ0n) is 14.1. The van der Waals surface area contributed by atoms with Crippen molar-refractivity contribution in [3.05, 3.63) is 34.6 Å². The molecule has 2 heterocycles. The molecule has 2 N–H and O–H groups in total. The van der Waals surface area contributed by atoms with E-state index >= 15 is 0 Å². The second kappa shape index (κ2) is 7.14. The predicted molar refractivity (Wildman–Crippen MR) is 95.4 cm³/mol. The molecule has 0 radical (unpaired) electrons. The van der Waals surface area contributed by atoms with Crippen molar-refractivity contribution < 1.29 is 14.3 Å². The molecule has 0 unspecified atom stereocenters. The number of amides is 2. The fourth-order valence-corrected chi connectivity index (χ4v) is 2.97. The van der Waals surface area contributed by atoms with E-state index in [0.717, 1.165) is 12.8 Å². The maximum Gasteiger partial charge on any atom is 0.262 e. The van der Waals surface area contributed by atoms with E-state index in [9.17, 15) is 9.59 Å². The fourth-order valence-electron chi connectivity index (χ4n) is 2.62. The number of aromatic nitrogens is 2. The van der Waals surface area contributed by atoms with Crippen molar-refractivity contribution in [2.45, 2.75) is 33.2 Å². The maximum absolute atomic E-state index is 12.6. The molecule has 2 aromatic rings. The molecule has 7 nitrogen and oxygen atoms in total. The molecular weight excluding hydrogens is 344 g/mol. The SMILES string of the molecule is CCCCn1nc(C)c(C(=O)Nc2ccc3c(c2)NC(=O)CO3)c1Cl. The number of fused-ring (bicyclic) bond motifs is 1. The van der Waals surface area contributed by atoms with Crippen LogP contribution in [0.15, 0.2) is 18.2 Å². The van der Waals surface area contributed by atoms with Crippen LogP contribution in [0.2, 0.25) is 5.15 Å². The van der Waals surface area contributed by atoms with Gasteiger partial charge in [0.1, 0.15) is 10.9 Å². The lowest BCUT2D eigenvalue weighted by Gasteiger charge is -2.18. The summed E-state index contributed by atoms with van der Waals surface area (Å²) in [7, 11) is 0. The van der Waals surface area contributed by atoms with Gasteiger partial charge in [0, 0.05) is 12.2 Å². The summed E-state index contributed by atoms with van der Waals surface area (Å²) in [5, 5.41) is 10.2. The number of carbonyl (C=O) groups is 2. The monoisotopic (exact) mass is 362 g/mol. The summed E-state index contributed by atoms with van der Waals surface area (Å²) in [6.45, 7) is 4.50. The summed E-state index contributed by atoms with van der Waals surface area (Å²) in [4.78, 5) is 24.0. The van der Waals surface area contributed by atoms with Crippen LogP contribution >= 0.6 is 11.6 Å². The van der Waals surface area contributed by atoms with E-state index in [1.165, 1.54) is 0 Å². The van der Waals surface area contributed by atoms with Gasteiger partial charge < -0.3 is 15.4 Å². The van der Waals surface area contributed by atoms with Crippen molar-refractivity contribution in [3.8, 4) is 5.75 Å². The number of benzene rings is 1. The van der Waals surface area contributed by atoms with E-state index < -0.39 is 0 Å². The Bertz CT molecular complexity index is 832. The number of hydrogen-bond acceptors (Lipinski definition) is 4. The number of ether oxygens (including phenoxy) is 1. The van der Waals surface area contributed by atoms with Gasteiger partial charge in [-0.05, 0) is 31.5 Å². The lowest BCUT2D eigenvalue weighted by atomic mass is 10.2. The Kier molecular flexibility index (Phi) is 4.94. The Morgan fingerprint density at radius 2 is 2.28 bits per heavy atom. The van der Waals surface area contributed by atoms with Gasteiger partial charge in [-0.15, -0.1) is 0 Å². The summed E-state index contributed by atoms with van der Waals surface area (Å²) in [5.41, 5.74) is 1.99. The van der Waals surface area contributed by atoms with Crippen molar-refractivity contribution in [2.75, 3.05) is 17.2 Å². The Morgan fingerprint density at radius 1 is 1.48 bits per heavy atom. The van der Waals surface area contributed by atoms with Gasteiger partial charge in [0.15, 0.2) is 6.61 Å².